The van der Waals surface area contributed by atoms with Crippen LogP contribution >= 0.6 is 0 Å². The number of hydrogen-bond donors (Lipinski definition) is 0. The van der Waals surface area contributed by atoms with Gasteiger partial charge in [-0.05, 0) is 19.8 Å². The third-order valence-electron chi connectivity index (χ3n) is 2.52. The minimum absolute atomic E-state index is 0.290. The van der Waals surface area contributed by atoms with Gasteiger partial charge in [-0.3, -0.25) is 4.21 Å². The van der Waals surface area contributed by atoms with Crippen molar-refractivity contribution < 1.29 is 8.76 Å². The van der Waals surface area contributed by atoms with Crippen LogP contribution in [-0.2, 0) is 11.3 Å². The monoisotopic (exact) mass is 192 g/mol. The smallest absolute Gasteiger partial charge is 0.0292 e. The molecule has 0 aliphatic heterocycles. The average molecular weight is 192 g/mol. The Morgan fingerprint density at radius 3 is 2.00 bits per heavy atom. The Kier molecular flexibility index (Phi) is 4.37. The molecule has 3 nitrogen and oxygen atoms in total. The van der Waals surface area contributed by atoms with E-state index in [1.54, 1.807) is 0 Å². The van der Waals surface area contributed by atoms with Crippen molar-refractivity contribution in [1.82, 2.24) is 4.31 Å². The lowest BCUT2D eigenvalue weighted by molar-refractivity contribution is 0.167. The summed E-state index contributed by atoms with van der Waals surface area (Å²) in [5.74, 6) is 0.315. The first kappa shape index (κ1) is 12.1. The van der Waals surface area contributed by atoms with Crippen LogP contribution in [0.5, 0.6) is 0 Å². The van der Waals surface area contributed by atoms with E-state index < -0.39 is 11.3 Å². The molecule has 0 aromatic carbocycles. The lowest BCUT2D eigenvalue weighted by atomic mass is 9.91. The molecule has 0 saturated heterocycles. The zero-order valence-electron chi connectivity index (χ0n) is 8.46. The predicted octanol–water partition coefficient (Wildman–Crippen LogP) is 1.54. The van der Waals surface area contributed by atoms with Gasteiger partial charge in [0.2, 0.25) is 0 Å². The van der Waals surface area contributed by atoms with Gasteiger partial charge in [-0.1, -0.05) is 20.8 Å². The highest BCUT2D eigenvalue weighted by Crippen LogP contribution is 2.24. The van der Waals surface area contributed by atoms with Gasteiger partial charge in [0.15, 0.2) is 0 Å². The van der Waals surface area contributed by atoms with Crippen LogP contribution in [0.1, 0.15) is 34.6 Å². The SMILES string of the molecule is CCN(S(=O)[O-])C(C)(C)C(C)C. The van der Waals surface area contributed by atoms with E-state index in [2.05, 4.69) is 0 Å². The van der Waals surface area contributed by atoms with Crippen molar-refractivity contribution in [1.29, 1.82) is 0 Å². The van der Waals surface area contributed by atoms with Gasteiger partial charge < -0.3 is 4.55 Å². The third kappa shape index (κ3) is 2.54. The summed E-state index contributed by atoms with van der Waals surface area (Å²) < 4.78 is 23.1. The Bertz CT molecular complexity index is 168. The first-order chi connectivity index (χ1) is 5.34. The molecule has 0 bridgehead atoms. The molecule has 12 heavy (non-hydrogen) atoms. The van der Waals surface area contributed by atoms with Gasteiger partial charge in [-0.2, -0.15) is 0 Å². The molecule has 0 spiro atoms. The second-order valence-corrected chi connectivity index (χ2v) is 4.60. The first-order valence-corrected chi connectivity index (χ1v) is 5.24. The van der Waals surface area contributed by atoms with Crippen molar-refractivity contribution in [2.45, 2.75) is 40.2 Å². The summed E-state index contributed by atoms with van der Waals surface area (Å²) >= 11 is -2.11. The standard InChI is InChI=1S/C8H19NO2S/c1-6-9(12(10)11)8(4,5)7(2)3/h7H,6H2,1-5H3,(H,10,11)/p-1. The molecule has 0 radical (unpaired) electrons. The number of rotatable bonds is 4. The minimum Gasteiger partial charge on any atom is -0.760 e. The van der Waals surface area contributed by atoms with E-state index in [9.17, 15) is 8.76 Å². The van der Waals surface area contributed by atoms with E-state index in [-0.39, 0.29) is 5.54 Å². The van der Waals surface area contributed by atoms with Gasteiger partial charge in [0.1, 0.15) is 0 Å². The lowest BCUT2D eigenvalue weighted by Crippen LogP contribution is -2.48. The molecule has 74 valence electrons. The van der Waals surface area contributed by atoms with Gasteiger partial charge in [-0.15, -0.1) is 0 Å². The largest absolute Gasteiger partial charge is 0.760 e. The van der Waals surface area contributed by atoms with Crippen molar-refractivity contribution in [3.8, 4) is 0 Å². The molecule has 1 atom stereocenters. The summed E-state index contributed by atoms with van der Waals surface area (Å²) in [6.45, 7) is 10.3. The van der Waals surface area contributed by atoms with Gasteiger partial charge in [0.25, 0.3) is 0 Å². The van der Waals surface area contributed by atoms with E-state index in [1.807, 2.05) is 34.6 Å². The minimum atomic E-state index is -2.11. The van der Waals surface area contributed by atoms with Crippen molar-refractivity contribution in [3.05, 3.63) is 0 Å². The van der Waals surface area contributed by atoms with E-state index >= 15 is 0 Å². The van der Waals surface area contributed by atoms with Gasteiger partial charge in [0.05, 0.1) is 0 Å². The Balaban J connectivity index is 4.59. The Morgan fingerprint density at radius 1 is 1.50 bits per heavy atom. The molecule has 0 saturated carbocycles. The summed E-state index contributed by atoms with van der Waals surface area (Å²) in [7, 11) is 0. The highest BCUT2D eigenvalue weighted by atomic mass is 32.2. The zero-order chi connectivity index (χ0) is 9.94. The third-order valence-corrected chi connectivity index (χ3v) is 3.61. The Hall–Kier alpha value is 0.0700. The van der Waals surface area contributed by atoms with Gasteiger partial charge in [0, 0.05) is 23.4 Å². The predicted molar refractivity (Wildman–Crippen MR) is 50.2 cm³/mol. The van der Waals surface area contributed by atoms with Crippen LogP contribution in [0.4, 0.5) is 0 Å². The van der Waals surface area contributed by atoms with Crippen LogP contribution in [0, 0.1) is 5.92 Å². The molecule has 1 unspecified atom stereocenters. The lowest BCUT2D eigenvalue weighted by Gasteiger charge is -2.41. The summed E-state index contributed by atoms with van der Waals surface area (Å²) in [5, 5.41) is 0. The summed E-state index contributed by atoms with van der Waals surface area (Å²) in [5.41, 5.74) is -0.290. The van der Waals surface area contributed by atoms with Crippen molar-refractivity contribution in [3.63, 3.8) is 0 Å². The molecule has 0 aromatic rings. The summed E-state index contributed by atoms with van der Waals surface area (Å²) in [4.78, 5) is 0. The fourth-order valence-corrected chi connectivity index (χ4v) is 1.80. The highest BCUT2D eigenvalue weighted by molar-refractivity contribution is 7.76. The maximum absolute atomic E-state index is 10.8. The molecule has 0 aliphatic carbocycles. The van der Waals surface area contributed by atoms with E-state index in [4.69, 9.17) is 0 Å². The average Bonchev–Trinajstić information content (AvgIpc) is 1.86. The molecular formula is C8H18NO2S-. The second-order valence-electron chi connectivity index (χ2n) is 3.72. The highest BCUT2D eigenvalue weighted by Gasteiger charge is 2.29. The molecule has 0 N–H and O–H groups in total. The van der Waals surface area contributed by atoms with Crippen LogP contribution < -0.4 is 0 Å². The second kappa shape index (κ2) is 4.35. The quantitative estimate of drug-likeness (QED) is 0.634. The normalized spacial score (nSPS) is 15.7. The molecule has 0 aromatic heterocycles. The van der Waals surface area contributed by atoms with Gasteiger partial charge >= 0.3 is 0 Å². The zero-order valence-corrected chi connectivity index (χ0v) is 9.27. The molecule has 0 aliphatic rings. The van der Waals surface area contributed by atoms with Crippen LogP contribution in [-0.4, -0.2) is 25.2 Å². The number of hydrogen-bond acceptors (Lipinski definition) is 2. The molecule has 0 heterocycles. The molecule has 4 heteroatoms. The topological polar surface area (TPSA) is 43.4 Å². The summed E-state index contributed by atoms with van der Waals surface area (Å²) in [6.07, 6.45) is 0. The van der Waals surface area contributed by atoms with Crippen molar-refractivity contribution in [2.24, 2.45) is 5.92 Å². The van der Waals surface area contributed by atoms with Crippen LogP contribution in [0.3, 0.4) is 0 Å². The Morgan fingerprint density at radius 2 is 1.92 bits per heavy atom. The molecule has 0 amide bonds. The van der Waals surface area contributed by atoms with E-state index in [0.717, 1.165) is 0 Å². The van der Waals surface area contributed by atoms with Crippen LogP contribution in [0.25, 0.3) is 0 Å². The van der Waals surface area contributed by atoms with E-state index in [1.165, 1.54) is 4.31 Å². The van der Waals surface area contributed by atoms with Crippen molar-refractivity contribution >= 4 is 11.3 Å². The Labute approximate surface area is 77.6 Å². The maximum Gasteiger partial charge on any atom is 0.0292 e. The molecular weight excluding hydrogens is 174 g/mol. The summed E-state index contributed by atoms with van der Waals surface area (Å²) in [6, 6.07) is 0. The van der Waals surface area contributed by atoms with Crippen LogP contribution in [0.15, 0.2) is 0 Å². The fraction of sp³-hybridized carbons (Fsp3) is 1.00. The first-order valence-electron chi connectivity index (χ1n) is 4.21. The van der Waals surface area contributed by atoms with Crippen molar-refractivity contribution in [2.75, 3.05) is 6.54 Å². The van der Waals surface area contributed by atoms with E-state index in [0.29, 0.717) is 12.5 Å². The maximum atomic E-state index is 10.8. The van der Waals surface area contributed by atoms with Crippen LogP contribution in [0.2, 0.25) is 0 Å². The number of nitrogens with zero attached hydrogens (tertiary/aromatic N) is 1. The molecule has 0 fully saturated rings. The fourth-order valence-electron chi connectivity index (χ4n) is 0.993. The van der Waals surface area contributed by atoms with Gasteiger partial charge in [-0.25, -0.2) is 4.31 Å². The molecule has 0 rings (SSSR count).